The number of sulfone groups is 1. The normalized spacial score (nSPS) is 12.9. The summed E-state index contributed by atoms with van der Waals surface area (Å²) in [6, 6.07) is 8.19. The Hall–Kier alpha value is -1.07. The summed E-state index contributed by atoms with van der Waals surface area (Å²) in [6.45, 7) is 0. The number of benzene rings is 1. The van der Waals surface area contributed by atoms with Gasteiger partial charge >= 0.3 is 5.97 Å². The highest BCUT2D eigenvalue weighted by molar-refractivity contribution is 7.93. The molecule has 0 fully saturated rings. The van der Waals surface area contributed by atoms with E-state index in [0.717, 1.165) is 6.42 Å². The second-order valence-electron chi connectivity index (χ2n) is 4.44. The molecule has 0 aliphatic rings. The molecule has 0 aliphatic heterocycles. The van der Waals surface area contributed by atoms with Crippen molar-refractivity contribution in [3.05, 3.63) is 30.3 Å². The lowest BCUT2D eigenvalue weighted by molar-refractivity contribution is -0.140. The maximum absolute atomic E-state index is 12.1. The summed E-state index contributed by atoms with van der Waals surface area (Å²) in [4.78, 5) is 11.2. The Morgan fingerprint density at radius 2 is 1.85 bits per heavy atom. The minimum Gasteiger partial charge on any atom is -0.469 e. The zero-order chi connectivity index (χ0) is 15.0. The van der Waals surface area contributed by atoms with Gasteiger partial charge in [-0.1, -0.05) is 31.0 Å². The van der Waals surface area contributed by atoms with Gasteiger partial charge in [0.15, 0.2) is 9.84 Å². The zero-order valence-corrected chi connectivity index (χ0v) is 13.0. The van der Waals surface area contributed by atoms with Gasteiger partial charge in [0.25, 0.3) is 0 Å². The van der Waals surface area contributed by atoms with Crippen molar-refractivity contribution in [1.82, 2.24) is 0 Å². The van der Waals surface area contributed by atoms with Crippen LogP contribution in [-0.2, 0) is 19.4 Å². The van der Waals surface area contributed by atoms with Gasteiger partial charge in [-0.3, -0.25) is 4.79 Å². The number of hydrogen-bond donors (Lipinski definition) is 0. The largest absolute Gasteiger partial charge is 0.469 e. The number of esters is 1. The highest BCUT2D eigenvalue weighted by atomic mass is 35.5. The average Bonchev–Trinajstić information content (AvgIpc) is 2.47. The first-order valence-corrected chi connectivity index (χ1v) is 8.46. The molecule has 0 N–H and O–H groups in total. The van der Waals surface area contributed by atoms with Gasteiger partial charge in [-0.2, -0.15) is 0 Å². The minimum absolute atomic E-state index is 0.245. The molecular weight excluding hydrogens is 300 g/mol. The van der Waals surface area contributed by atoms with E-state index in [9.17, 15) is 13.2 Å². The fraction of sp³-hybridized carbons (Fsp3) is 0.500. The highest BCUT2D eigenvalue weighted by Crippen LogP contribution is 2.23. The van der Waals surface area contributed by atoms with E-state index in [4.69, 9.17) is 11.6 Å². The van der Waals surface area contributed by atoms with Crippen LogP contribution in [0.4, 0.5) is 0 Å². The van der Waals surface area contributed by atoms with E-state index in [-0.39, 0.29) is 10.9 Å². The molecule has 0 amide bonds. The van der Waals surface area contributed by atoms with E-state index in [1.165, 1.54) is 7.11 Å². The number of halogens is 1. The maximum Gasteiger partial charge on any atom is 0.305 e. The first kappa shape index (κ1) is 17.0. The third-order valence-electron chi connectivity index (χ3n) is 2.95. The molecule has 112 valence electrons. The van der Waals surface area contributed by atoms with Gasteiger partial charge in [-0.15, -0.1) is 11.6 Å². The number of carbonyl (C=O) groups is 1. The number of carbonyl (C=O) groups excluding carboxylic acids is 1. The van der Waals surface area contributed by atoms with Gasteiger partial charge in [0.1, 0.15) is 4.71 Å². The lowest BCUT2D eigenvalue weighted by atomic mass is 10.1. The molecule has 1 aromatic rings. The maximum atomic E-state index is 12.1. The standard InChI is InChI=1S/C14H19ClO4S/c1-19-14(16)11-7-3-6-10-13(15)20(17,18)12-8-4-2-5-9-12/h2,4-5,8-9,13H,3,6-7,10-11H2,1H3. The molecule has 0 saturated carbocycles. The summed E-state index contributed by atoms with van der Waals surface area (Å²) in [5, 5.41) is 0. The number of alkyl halides is 1. The molecule has 1 atom stereocenters. The van der Waals surface area contributed by atoms with Crippen LogP contribution in [0, 0.1) is 0 Å². The first-order chi connectivity index (χ1) is 9.48. The molecule has 6 heteroatoms. The van der Waals surface area contributed by atoms with Crippen molar-refractivity contribution in [3.8, 4) is 0 Å². The first-order valence-electron chi connectivity index (χ1n) is 6.48. The molecule has 0 bridgehead atoms. The molecule has 0 radical (unpaired) electrons. The smallest absolute Gasteiger partial charge is 0.305 e. The lowest BCUT2D eigenvalue weighted by Gasteiger charge is -2.10. The zero-order valence-electron chi connectivity index (χ0n) is 11.4. The van der Waals surface area contributed by atoms with E-state index in [1.54, 1.807) is 30.3 Å². The third-order valence-corrected chi connectivity index (χ3v) is 5.71. The SMILES string of the molecule is COC(=O)CCCCCC(Cl)S(=O)(=O)c1ccccc1. The molecule has 20 heavy (non-hydrogen) atoms. The molecule has 0 aliphatic carbocycles. The summed E-state index contributed by atoms with van der Waals surface area (Å²) >= 11 is 6.00. The van der Waals surface area contributed by atoms with E-state index in [2.05, 4.69) is 4.74 Å². The summed E-state index contributed by atoms with van der Waals surface area (Å²) in [6.07, 6.45) is 2.83. The summed E-state index contributed by atoms with van der Waals surface area (Å²) in [5.74, 6) is -0.246. The second kappa shape index (κ2) is 8.27. The van der Waals surface area contributed by atoms with Crippen LogP contribution in [0.15, 0.2) is 35.2 Å². The molecule has 1 rings (SSSR count). The molecular formula is C14H19ClO4S. The lowest BCUT2D eigenvalue weighted by Crippen LogP contribution is -2.15. The molecule has 0 aromatic heterocycles. The van der Waals surface area contributed by atoms with Gasteiger partial charge in [0, 0.05) is 6.42 Å². The van der Waals surface area contributed by atoms with Crippen molar-refractivity contribution in [2.75, 3.05) is 7.11 Å². The number of hydrogen-bond acceptors (Lipinski definition) is 4. The number of rotatable bonds is 8. The Morgan fingerprint density at radius 3 is 2.45 bits per heavy atom. The topological polar surface area (TPSA) is 60.4 Å². The minimum atomic E-state index is -3.47. The Balaban J connectivity index is 2.39. The second-order valence-corrected chi connectivity index (χ2v) is 7.36. The van der Waals surface area contributed by atoms with Crippen LogP contribution >= 0.6 is 11.6 Å². The van der Waals surface area contributed by atoms with Crippen molar-refractivity contribution in [3.63, 3.8) is 0 Å². The Morgan fingerprint density at radius 1 is 1.20 bits per heavy atom. The summed E-state index contributed by atoms with van der Waals surface area (Å²) in [7, 11) is -2.12. The Labute approximate surface area is 125 Å². The molecule has 0 heterocycles. The number of ether oxygens (including phenoxy) is 1. The van der Waals surface area contributed by atoms with Crippen LogP contribution in [0.3, 0.4) is 0 Å². The molecule has 4 nitrogen and oxygen atoms in total. The highest BCUT2D eigenvalue weighted by Gasteiger charge is 2.24. The Kier molecular flexibility index (Phi) is 7.02. The predicted octanol–water partition coefficient (Wildman–Crippen LogP) is 3.15. The molecule has 1 unspecified atom stereocenters. The van der Waals surface area contributed by atoms with Crippen LogP contribution in [0.25, 0.3) is 0 Å². The fourth-order valence-corrected chi connectivity index (χ4v) is 3.54. The van der Waals surface area contributed by atoms with E-state index >= 15 is 0 Å². The van der Waals surface area contributed by atoms with E-state index in [0.29, 0.717) is 25.7 Å². The number of methoxy groups -OCH3 is 1. The van der Waals surface area contributed by atoms with Gasteiger partial charge < -0.3 is 4.74 Å². The van der Waals surface area contributed by atoms with Gasteiger partial charge in [0.05, 0.1) is 12.0 Å². The molecule has 0 spiro atoms. The summed E-state index contributed by atoms with van der Waals surface area (Å²) < 4.78 is 27.9. The van der Waals surface area contributed by atoms with Crippen LogP contribution in [0.1, 0.15) is 32.1 Å². The van der Waals surface area contributed by atoms with Crippen molar-refractivity contribution < 1.29 is 17.9 Å². The Bertz CT molecular complexity index is 513. The fourth-order valence-electron chi connectivity index (χ4n) is 1.77. The van der Waals surface area contributed by atoms with Gasteiger partial charge in [0.2, 0.25) is 0 Å². The van der Waals surface area contributed by atoms with Crippen LogP contribution in [-0.4, -0.2) is 26.2 Å². The van der Waals surface area contributed by atoms with Crippen molar-refractivity contribution in [2.24, 2.45) is 0 Å². The monoisotopic (exact) mass is 318 g/mol. The van der Waals surface area contributed by atoms with Crippen molar-refractivity contribution in [1.29, 1.82) is 0 Å². The van der Waals surface area contributed by atoms with E-state index < -0.39 is 14.5 Å². The average molecular weight is 319 g/mol. The third kappa shape index (κ3) is 5.13. The summed E-state index contributed by atoms with van der Waals surface area (Å²) in [5.41, 5.74) is 0. The van der Waals surface area contributed by atoms with Crippen LogP contribution < -0.4 is 0 Å². The van der Waals surface area contributed by atoms with E-state index in [1.807, 2.05) is 0 Å². The van der Waals surface area contributed by atoms with Crippen molar-refractivity contribution in [2.45, 2.75) is 41.7 Å². The van der Waals surface area contributed by atoms with Crippen LogP contribution in [0.2, 0.25) is 0 Å². The molecule has 1 aromatic carbocycles. The number of unbranched alkanes of at least 4 members (excludes halogenated alkanes) is 2. The van der Waals surface area contributed by atoms with Crippen LogP contribution in [0.5, 0.6) is 0 Å². The molecule has 0 saturated heterocycles. The predicted molar refractivity (Wildman–Crippen MR) is 78.4 cm³/mol. The van der Waals surface area contributed by atoms with Crippen molar-refractivity contribution >= 4 is 27.4 Å². The quantitative estimate of drug-likeness (QED) is 0.420. The van der Waals surface area contributed by atoms with Gasteiger partial charge in [-0.25, -0.2) is 8.42 Å². The van der Waals surface area contributed by atoms with Gasteiger partial charge in [-0.05, 0) is 25.0 Å².